The number of carbonyl (C=O) groups is 3. The molecule has 3 amide bonds. The first-order valence-electron chi connectivity index (χ1n) is 9.58. The SMILES string of the molecule is COC(=O)[C@@H](C)NC(=O)[C@H]1CN(S(=O)(=O)c2ccccc2)CCN1C(=O)NC(C)C. The molecule has 0 aromatic heterocycles. The van der Waals surface area contributed by atoms with Crippen LogP contribution in [-0.4, -0.2) is 80.4 Å². The summed E-state index contributed by atoms with van der Waals surface area (Å²) in [6.45, 7) is 4.84. The van der Waals surface area contributed by atoms with E-state index >= 15 is 0 Å². The lowest BCUT2D eigenvalue weighted by atomic mass is 10.1. The van der Waals surface area contributed by atoms with Crippen LogP contribution in [0.15, 0.2) is 35.2 Å². The summed E-state index contributed by atoms with van der Waals surface area (Å²) in [4.78, 5) is 38.5. The molecule has 2 atom stereocenters. The molecule has 0 bridgehead atoms. The van der Waals surface area contributed by atoms with Crippen LogP contribution in [0.2, 0.25) is 0 Å². The van der Waals surface area contributed by atoms with Gasteiger partial charge in [0, 0.05) is 25.7 Å². The molecule has 1 heterocycles. The van der Waals surface area contributed by atoms with Gasteiger partial charge in [0.1, 0.15) is 12.1 Å². The van der Waals surface area contributed by atoms with Gasteiger partial charge < -0.3 is 20.3 Å². The van der Waals surface area contributed by atoms with E-state index in [0.717, 1.165) is 0 Å². The highest BCUT2D eigenvalue weighted by atomic mass is 32.2. The Morgan fingerprint density at radius 2 is 1.70 bits per heavy atom. The predicted octanol–water partition coefficient (Wildman–Crippen LogP) is 0.157. The van der Waals surface area contributed by atoms with E-state index < -0.39 is 40.0 Å². The molecule has 1 fully saturated rings. The van der Waals surface area contributed by atoms with E-state index in [9.17, 15) is 22.8 Å². The molecule has 0 unspecified atom stereocenters. The normalized spacial score (nSPS) is 18.6. The molecule has 166 valence electrons. The van der Waals surface area contributed by atoms with Gasteiger partial charge >= 0.3 is 12.0 Å². The quantitative estimate of drug-likeness (QED) is 0.607. The van der Waals surface area contributed by atoms with E-state index in [1.807, 2.05) is 0 Å². The Hall–Kier alpha value is -2.66. The van der Waals surface area contributed by atoms with Crippen molar-refractivity contribution in [2.24, 2.45) is 0 Å². The zero-order valence-corrected chi connectivity index (χ0v) is 18.3. The molecule has 0 spiro atoms. The number of hydrogen-bond acceptors (Lipinski definition) is 6. The van der Waals surface area contributed by atoms with Crippen molar-refractivity contribution in [2.45, 2.75) is 43.8 Å². The van der Waals surface area contributed by atoms with Crippen molar-refractivity contribution in [3.63, 3.8) is 0 Å². The van der Waals surface area contributed by atoms with E-state index in [-0.39, 0.29) is 30.6 Å². The predicted molar refractivity (Wildman–Crippen MR) is 109 cm³/mol. The van der Waals surface area contributed by atoms with Gasteiger partial charge in [-0.05, 0) is 32.9 Å². The maximum atomic E-state index is 13.0. The minimum atomic E-state index is -3.85. The van der Waals surface area contributed by atoms with Crippen LogP contribution in [0.5, 0.6) is 0 Å². The van der Waals surface area contributed by atoms with Crippen LogP contribution in [0.1, 0.15) is 20.8 Å². The van der Waals surface area contributed by atoms with Gasteiger partial charge in [-0.3, -0.25) is 4.79 Å². The summed E-state index contributed by atoms with van der Waals surface area (Å²) in [7, 11) is -2.65. The molecule has 1 aromatic rings. The number of nitrogens with zero attached hydrogens (tertiary/aromatic N) is 2. The lowest BCUT2D eigenvalue weighted by molar-refractivity contribution is -0.145. The second-order valence-corrected chi connectivity index (χ2v) is 9.18. The van der Waals surface area contributed by atoms with Crippen molar-refractivity contribution in [1.82, 2.24) is 19.8 Å². The van der Waals surface area contributed by atoms with Gasteiger partial charge in [0.05, 0.1) is 12.0 Å². The van der Waals surface area contributed by atoms with Crippen molar-refractivity contribution < 1.29 is 27.5 Å². The molecular formula is C19H28N4O6S. The zero-order chi connectivity index (χ0) is 22.5. The number of sulfonamides is 1. The number of urea groups is 1. The third-order valence-electron chi connectivity index (χ3n) is 4.61. The summed E-state index contributed by atoms with van der Waals surface area (Å²) in [6.07, 6.45) is 0. The van der Waals surface area contributed by atoms with E-state index in [1.54, 1.807) is 32.0 Å². The van der Waals surface area contributed by atoms with Crippen molar-refractivity contribution in [2.75, 3.05) is 26.7 Å². The number of rotatable bonds is 6. The Morgan fingerprint density at radius 3 is 2.27 bits per heavy atom. The van der Waals surface area contributed by atoms with Gasteiger partial charge in [0.15, 0.2) is 0 Å². The Morgan fingerprint density at radius 1 is 1.07 bits per heavy atom. The molecule has 2 N–H and O–H groups in total. The number of amides is 3. The minimum Gasteiger partial charge on any atom is -0.467 e. The molecule has 1 aromatic carbocycles. The lowest BCUT2D eigenvalue weighted by Gasteiger charge is -2.40. The summed E-state index contributed by atoms with van der Waals surface area (Å²) in [5, 5.41) is 5.21. The summed E-state index contributed by atoms with van der Waals surface area (Å²) >= 11 is 0. The average Bonchev–Trinajstić information content (AvgIpc) is 2.72. The Kier molecular flexibility index (Phi) is 7.79. The van der Waals surface area contributed by atoms with Crippen LogP contribution in [0, 0.1) is 0 Å². The van der Waals surface area contributed by atoms with E-state index in [0.29, 0.717) is 0 Å². The third-order valence-corrected chi connectivity index (χ3v) is 6.49. The van der Waals surface area contributed by atoms with E-state index in [1.165, 1.54) is 35.4 Å². The van der Waals surface area contributed by atoms with Crippen LogP contribution in [0.4, 0.5) is 4.79 Å². The van der Waals surface area contributed by atoms with Gasteiger partial charge in [-0.1, -0.05) is 18.2 Å². The maximum Gasteiger partial charge on any atom is 0.328 e. The molecular weight excluding hydrogens is 412 g/mol. The van der Waals surface area contributed by atoms with Crippen molar-refractivity contribution >= 4 is 27.9 Å². The van der Waals surface area contributed by atoms with Crippen molar-refractivity contribution in [3.05, 3.63) is 30.3 Å². The summed E-state index contributed by atoms with van der Waals surface area (Å²) in [5.74, 6) is -1.29. The first kappa shape index (κ1) is 23.6. The van der Waals surface area contributed by atoms with Gasteiger partial charge in [0.2, 0.25) is 15.9 Å². The molecule has 30 heavy (non-hydrogen) atoms. The first-order valence-corrected chi connectivity index (χ1v) is 11.0. The van der Waals surface area contributed by atoms with Crippen LogP contribution < -0.4 is 10.6 Å². The number of ether oxygens (including phenoxy) is 1. The van der Waals surface area contributed by atoms with Gasteiger partial charge in [0.25, 0.3) is 0 Å². The number of nitrogens with one attached hydrogen (secondary N) is 2. The number of piperazine rings is 1. The average molecular weight is 441 g/mol. The Labute approximate surface area is 176 Å². The highest BCUT2D eigenvalue weighted by Crippen LogP contribution is 2.20. The highest BCUT2D eigenvalue weighted by molar-refractivity contribution is 7.89. The van der Waals surface area contributed by atoms with E-state index in [4.69, 9.17) is 0 Å². The molecule has 1 saturated heterocycles. The second-order valence-electron chi connectivity index (χ2n) is 7.24. The smallest absolute Gasteiger partial charge is 0.328 e. The van der Waals surface area contributed by atoms with Crippen LogP contribution in [-0.2, 0) is 24.3 Å². The first-order chi connectivity index (χ1) is 14.1. The van der Waals surface area contributed by atoms with Crippen LogP contribution >= 0.6 is 0 Å². The monoisotopic (exact) mass is 440 g/mol. The van der Waals surface area contributed by atoms with Crippen LogP contribution in [0.3, 0.4) is 0 Å². The van der Waals surface area contributed by atoms with E-state index in [2.05, 4.69) is 15.4 Å². The number of esters is 1. The van der Waals surface area contributed by atoms with Gasteiger partial charge in [-0.2, -0.15) is 4.31 Å². The molecule has 0 radical (unpaired) electrons. The minimum absolute atomic E-state index is 0.0231. The number of benzene rings is 1. The fourth-order valence-corrected chi connectivity index (χ4v) is 4.52. The highest BCUT2D eigenvalue weighted by Gasteiger charge is 2.40. The van der Waals surface area contributed by atoms with Crippen LogP contribution in [0.25, 0.3) is 0 Å². The molecule has 0 saturated carbocycles. The molecule has 1 aliphatic rings. The Bertz CT molecular complexity index is 874. The standard InChI is InChI=1S/C19H28N4O6S/c1-13(2)20-19(26)23-11-10-22(30(27,28)15-8-6-5-7-9-15)12-16(23)17(24)21-14(3)18(25)29-4/h5-9,13-14,16H,10-12H2,1-4H3,(H,20,26)(H,21,24)/t14-,16-/m1/s1. The molecule has 0 aliphatic carbocycles. The Balaban J connectivity index is 2.28. The number of carbonyl (C=O) groups excluding carboxylic acids is 3. The zero-order valence-electron chi connectivity index (χ0n) is 17.5. The van der Waals surface area contributed by atoms with Crippen molar-refractivity contribution in [3.8, 4) is 0 Å². The molecule has 10 nitrogen and oxygen atoms in total. The molecule has 11 heteroatoms. The number of methoxy groups -OCH3 is 1. The topological polar surface area (TPSA) is 125 Å². The summed E-state index contributed by atoms with van der Waals surface area (Å²) in [6, 6.07) is 5.18. The summed E-state index contributed by atoms with van der Waals surface area (Å²) < 4.78 is 31.8. The fraction of sp³-hybridized carbons (Fsp3) is 0.526. The second kappa shape index (κ2) is 9.90. The van der Waals surface area contributed by atoms with Crippen molar-refractivity contribution in [1.29, 1.82) is 0 Å². The summed E-state index contributed by atoms with van der Waals surface area (Å²) in [5.41, 5.74) is 0. The fourth-order valence-electron chi connectivity index (χ4n) is 3.06. The molecule has 2 rings (SSSR count). The lowest BCUT2D eigenvalue weighted by Crippen LogP contribution is -2.64. The third kappa shape index (κ3) is 5.48. The molecule has 1 aliphatic heterocycles. The number of hydrogen-bond donors (Lipinski definition) is 2. The van der Waals surface area contributed by atoms with Gasteiger partial charge in [-0.25, -0.2) is 18.0 Å². The van der Waals surface area contributed by atoms with Gasteiger partial charge in [-0.15, -0.1) is 0 Å². The largest absolute Gasteiger partial charge is 0.467 e. The maximum absolute atomic E-state index is 13.0.